The van der Waals surface area contributed by atoms with E-state index in [1.807, 2.05) is 5.32 Å². The second kappa shape index (κ2) is 6.76. The normalized spacial score (nSPS) is 16.7. The smallest absolute Gasteiger partial charge is 0.388 e. The molecule has 1 aromatic rings. The number of hydrogen-bond donors (Lipinski definition) is 3. The first-order valence-corrected chi connectivity index (χ1v) is 7.29. The molecule has 0 radical (unpaired) electrons. The third-order valence-corrected chi connectivity index (χ3v) is 3.85. The number of hydrogen-bond acceptors (Lipinski definition) is 3. The molecule has 0 aliphatic heterocycles. The minimum absolute atomic E-state index is 0.158. The van der Waals surface area contributed by atoms with Gasteiger partial charge in [0.2, 0.25) is 0 Å². The highest BCUT2D eigenvalue weighted by Gasteiger charge is 2.35. The van der Waals surface area contributed by atoms with E-state index in [0.29, 0.717) is 12.8 Å². The molecule has 1 aliphatic rings. The predicted molar refractivity (Wildman–Crippen MR) is 76.5 cm³/mol. The molecule has 0 atom stereocenters. The van der Waals surface area contributed by atoms with E-state index >= 15 is 0 Å². The summed E-state index contributed by atoms with van der Waals surface area (Å²) in [6, 6.07) is 1.70. The first kappa shape index (κ1) is 18.2. The molecular formula is C15H16F4N2O3. The van der Waals surface area contributed by atoms with E-state index in [-0.39, 0.29) is 12.6 Å². The first-order valence-electron chi connectivity index (χ1n) is 7.29. The summed E-state index contributed by atoms with van der Waals surface area (Å²) in [5, 5.41) is 14.1. The van der Waals surface area contributed by atoms with Gasteiger partial charge in [-0.3, -0.25) is 9.59 Å². The zero-order valence-corrected chi connectivity index (χ0v) is 12.5. The van der Waals surface area contributed by atoms with Gasteiger partial charge < -0.3 is 15.7 Å². The maximum absolute atomic E-state index is 13.0. The van der Waals surface area contributed by atoms with E-state index in [1.54, 1.807) is 0 Å². The summed E-state index contributed by atoms with van der Waals surface area (Å²) in [6.07, 6.45) is -2.34. The van der Waals surface area contributed by atoms with Crippen molar-refractivity contribution in [1.29, 1.82) is 0 Å². The average molecular weight is 348 g/mol. The van der Waals surface area contributed by atoms with Crippen LogP contribution >= 0.6 is 0 Å². The number of nitrogens with one attached hydrogen (secondary N) is 2. The molecule has 0 heterocycles. The third-order valence-electron chi connectivity index (χ3n) is 3.85. The molecule has 5 nitrogen and oxygen atoms in total. The molecule has 0 saturated heterocycles. The molecule has 0 spiro atoms. The van der Waals surface area contributed by atoms with Crippen molar-refractivity contribution in [2.75, 3.05) is 11.9 Å². The summed E-state index contributed by atoms with van der Waals surface area (Å²) in [5.74, 6) is -3.62. The van der Waals surface area contributed by atoms with E-state index in [4.69, 9.17) is 0 Å². The Morgan fingerprint density at radius 2 is 1.79 bits per heavy atom. The van der Waals surface area contributed by atoms with Crippen LogP contribution in [0.5, 0.6) is 0 Å². The highest BCUT2D eigenvalue weighted by atomic mass is 19.4. The van der Waals surface area contributed by atoms with Crippen LogP contribution in [0.2, 0.25) is 0 Å². The Morgan fingerprint density at radius 3 is 2.38 bits per heavy atom. The van der Waals surface area contributed by atoms with Crippen LogP contribution in [-0.2, 0) is 15.8 Å². The summed E-state index contributed by atoms with van der Waals surface area (Å²) >= 11 is 0. The standard InChI is InChI=1S/C15H16F4N2O3/c16-9-3-4-11(10(7-9)15(17,18)19)21-13(23)12(22)20-8-14(24)5-1-2-6-14/h3-4,7,24H,1-2,5-6,8H2,(H,20,22)(H,21,23). The Balaban J connectivity index is 2.02. The van der Waals surface area contributed by atoms with Gasteiger partial charge in [0.05, 0.1) is 16.9 Å². The lowest BCUT2D eigenvalue weighted by Gasteiger charge is -2.22. The van der Waals surface area contributed by atoms with Gasteiger partial charge in [-0.25, -0.2) is 4.39 Å². The Morgan fingerprint density at radius 1 is 1.17 bits per heavy atom. The van der Waals surface area contributed by atoms with Gasteiger partial charge in [-0.2, -0.15) is 13.2 Å². The second-order valence-corrected chi connectivity index (χ2v) is 5.76. The molecule has 1 fully saturated rings. The lowest BCUT2D eigenvalue weighted by atomic mass is 10.0. The topological polar surface area (TPSA) is 78.4 Å². The monoisotopic (exact) mass is 348 g/mol. The molecule has 1 aliphatic carbocycles. The summed E-state index contributed by atoms with van der Waals surface area (Å²) in [6.45, 7) is -0.158. The maximum atomic E-state index is 13.0. The van der Waals surface area contributed by atoms with Crippen molar-refractivity contribution in [2.24, 2.45) is 0 Å². The predicted octanol–water partition coefficient (Wildman–Crippen LogP) is 2.20. The van der Waals surface area contributed by atoms with Crippen molar-refractivity contribution in [3.05, 3.63) is 29.6 Å². The van der Waals surface area contributed by atoms with Crippen LogP contribution < -0.4 is 10.6 Å². The Kier molecular flexibility index (Phi) is 5.12. The van der Waals surface area contributed by atoms with Crippen LogP contribution in [0.4, 0.5) is 23.2 Å². The number of benzene rings is 1. The molecule has 1 saturated carbocycles. The van der Waals surface area contributed by atoms with Crippen LogP contribution in [0, 0.1) is 5.82 Å². The van der Waals surface area contributed by atoms with Crippen molar-refractivity contribution >= 4 is 17.5 Å². The third kappa shape index (κ3) is 4.44. The van der Waals surface area contributed by atoms with Crippen LogP contribution in [0.25, 0.3) is 0 Å². The molecule has 1 aromatic carbocycles. The van der Waals surface area contributed by atoms with E-state index in [1.165, 1.54) is 0 Å². The number of halogens is 4. The largest absolute Gasteiger partial charge is 0.418 e. The molecule has 9 heteroatoms. The average Bonchev–Trinajstić information content (AvgIpc) is 2.92. The van der Waals surface area contributed by atoms with Crippen molar-refractivity contribution in [2.45, 2.75) is 37.5 Å². The van der Waals surface area contributed by atoms with Crippen molar-refractivity contribution in [3.63, 3.8) is 0 Å². The molecule has 132 valence electrons. The van der Waals surface area contributed by atoms with Gasteiger partial charge in [0, 0.05) is 6.54 Å². The van der Waals surface area contributed by atoms with Crippen LogP contribution in [0.15, 0.2) is 18.2 Å². The molecule has 0 bridgehead atoms. The molecule has 2 rings (SSSR count). The molecule has 0 aromatic heterocycles. The Hall–Kier alpha value is -2.16. The summed E-state index contributed by atoms with van der Waals surface area (Å²) in [7, 11) is 0. The van der Waals surface area contributed by atoms with Crippen LogP contribution in [0.3, 0.4) is 0 Å². The minimum Gasteiger partial charge on any atom is -0.388 e. The number of anilines is 1. The summed E-state index contributed by atoms with van der Waals surface area (Å²) < 4.78 is 51.5. The van der Waals surface area contributed by atoms with E-state index < -0.39 is 40.7 Å². The second-order valence-electron chi connectivity index (χ2n) is 5.76. The Bertz CT molecular complexity index is 640. The van der Waals surface area contributed by atoms with E-state index in [2.05, 4.69) is 5.32 Å². The summed E-state index contributed by atoms with van der Waals surface area (Å²) in [4.78, 5) is 23.4. The lowest BCUT2D eigenvalue weighted by molar-refractivity contribution is -0.138. The molecule has 24 heavy (non-hydrogen) atoms. The first-order chi connectivity index (χ1) is 11.1. The fourth-order valence-corrected chi connectivity index (χ4v) is 2.57. The highest BCUT2D eigenvalue weighted by molar-refractivity contribution is 6.39. The number of aliphatic hydroxyl groups is 1. The van der Waals surface area contributed by atoms with Gasteiger partial charge in [-0.15, -0.1) is 0 Å². The maximum Gasteiger partial charge on any atom is 0.418 e. The van der Waals surface area contributed by atoms with Crippen molar-refractivity contribution in [1.82, 2.24) is 5.32 Å². The van der Waals surface area contributed by atoms with Crippen molar-refractivity contribution in [3.8, 4) is 0 Å². The zero-order valence-electron chi connectivity index (χ0n) is 12.5. The Labute approximate surface area is 135 Å². The van der Waals surface area contributed by atoms with Crippen molar-refractivity contribution < 1.29 is 32.3 Å². The van der Waals surface area contributed by atoms with Crippen LogP contribution in [-0.4, -0.2) is 29.1 Å². The van der Waals surface area contributed by atoms with Gasteiger partial charge in [0.1, 0.15) is 5.82 Å². The number of amides is 2. The SMILES string of the molecule is O=C(NCC1(O)CCCC1)C(=O)Nc1ccc(F)cc1C(F)(F)F. The van der Waals surface area contributed by atoms with E-state index in [9.17, 15) is 32.3 Å². The molecule has 3 N–H and O–H groups in total. The zero-order chi connectivity index (χ0) is 18.0. The molecular weight excluding hydrogens is 332 g/mol. The number of rotatable bonds is 3. The minimum atomic E-state index is -4.89. The van der Waals surface area contributed by atoms with E-state index in [0.717, 1.165) is 25.0 Å². The number of carbonyl (C=O) groups excluding carboxylic acids is 2. The fourth-order valence-electron chi connectivity index (χ4n) is 2.57. The van der Waals surface area contributed by atoms with Gasteiger partial charge in [0.15, 0.2) is 0 Å². The highest BCUT2D eigenvalue weighted by Crippen LogP contribution is 2.35. The fraction of sp³-hybridized carbons (Fsp3) is 0.467. The quantitative estimate of drug-likeness (QED) is 0.579. The van der Waals surface area contributed by atoms with Gasteiger partial charge in [0.25, 0.3) is 0 Å². The lowest BCUT2D eigenvalue weighted by Crippen LogP contribution is -2.44. The van der Waals surface area contributed by atoms with Crippen LogP contribution in [0.1, 0.15) is 31.2 Å². The van der Waals surface area contributed by atoms with Gasteiger partial charge >= 0.3 is 18.0 Å². The summed E-state index contributed by atoms with van der Waals surface area (Å²) in [5.41, 5.74) is -3.20. The number of carbonyl (C=O) groups is 2. The van der Waals surface area contributed by atoms with Gasteiger partial charge in [-0.05, 0) is 31.0 Å². The molecule has 2 amide bonds. The number of alkyl halides is 3. The molecule has 0 unspecified atom stereocenters. The van der Waals surface area contributed by atoms with Gasteiger partial charge in [-0.1, -0.05) is 12.8 Å².